The van der Waals surface area contributed by atoms with Gasteiger partial charge in [0.25, 0.3) is 0 Å². The third-order valence-corrected chi connectivity index (χ3v) is 5.32. The molecule has 0 aliphatic carbocycles. The number of carbonyl (C=O) groups excluding carboxylic acids is 1. The lowest BCUT2D eigenvalue weighted by molar-refractivity contribution is -0.119. The largest absolute Gasteiger partial charge is 0.497 e. The first kappa shape index (κ1) is 20.4. The van der Waals surface area contributed by atoms with Gasteiger partial charge in [-0.3, -0.25) is 4.79 Å². The fourth-order valence-electron chi connectivity index (χ4n) is 2.62. The highest BCUT2D eigenvalue weighted by molar-refractivity contribution is 7.99. The van der Waals surface area contributed by atoms with Crippen LogP contribution in [0, 0.1) is 0 Å². The summed E-state index contributed by atoms with van der Waals surface area (Å²) < 4.78 is 5.15. The van der Waals surface area contributed by atoms with Gasteiger partial charge in [0.05, 0.1) is 18.9 Å². The predicted molar refractivity (Wildman–Crippen MR) is 111 cm³/mol. The summed E-state index contributed by atoms with van der Waals surface area (Å²) in [6.07, 6.45) is 0. The minimum atomic E-state index is 0.0121. The van der Waals surface area contributed by atoms with Gasteiger partial charge in [-0.05, 0) is 41.2 Å². The smallest absolute Gasteiger partial charge is 0.230 e. The highest BCUT2D eigenvalue weighted by Gasteiger charge is 2.15. The number of nitrogens with one attached hydrogen (secondary N) is 1. The Morgan fingerprint density at radius 2 is 1.69 bits per heavy atom. The molecular formula is C22H29NO2S. The molecule has 2 aromatic rings. The van der Waals surface area contributed by atoms with E-state index in [1.54, 1.807) is 18.9 Å². The normalized spacial score (nSPS) is 12.5. The lowest BCUT2D eigenvalue weighted by atomic mass is 9.86. The molecule has 1 N–H and O–H groups in total. The quantitative estimate of drug-likeness (QED) is 0.735. The van der Waals surface area contributed by atoms with E-state index in [0.29, 0.717) is 5.75 Å². The molecule has 0 spiro atoms. The summed E-state index contributed by atoms with van der Waals surface area (Å²) in [5.74, 6) is 2.18. The molecule has 0 saturated carbocycles. The second-order valence-corrected chi connectivity index (χ2v) is 8.49. The van der Waals surface area contributed by atoms with E-state index in [1.165, 1.54) is 11.1 Å². The number of amides is 1. The Morgan fingerprint density at radius 1 is 1.08 bits per heavy atom. The van der Waals surface area contributed by atoms with Crippen molar-refractivity contribution in [2.75, 3.05) is 12.9 Å². The maximum Gasteiger partial charge on any atom is 0.230 e. The van der Waals surface area contributed by atoms with Gasteiger partial charge in [0.15, 0.2) is 0 Å². The third-order valence-electron chi connectivity index (χ3n) is 4.32. The Balaban J connectivity index is 1.79. The van der Waals surface area contributed by atoms with E-state index in [4.69, 9.17) is 4.74 Å². The van der Waals surface area contributed by atoms with Crippen LogP contribution in [0.3, 0.4) is 0 Å². The van der Waals surface area contributed by atoms with Gasteiger partial charge in [0.1, 0.15) is 5.75 Å². The molecule has 140 valence electrons. The molecule has 0 heterocycles. The number of methoxy groups -OCH3 is 1. The van der Waals surface area contributed by atoms with Gasteiger partial charge in [0.2, 0.25) is 5.91 Å². The Labute approximate surface area is 161 Å². The van der Waals surface area contributed by atoms with Gasteiger partial charge in [-0.2, -0.15) is 0 Å². The highest BCUT2D eigenvalue weighted by Crippen LogP contribution is 2.24. The summed E-state index contributed by atoms with van der Waals surface area (Å²) in [6.45, 7) is 8.63. The van der Waals surface area contributed by atoms with E-state index in [9.17, 15) is 4.79 Å². The zero-order valence-corrected chi connectivity index (χ0v) is 17.2. The second-order valence-electron chi connectivity index (χ2n) is 7.50. The van der Waals surface area contributed by atoms with Crippen molar-refractivity contribution in [3.05, 3.63) is 65.2 Å². The van der Waals surface area contributed by atoms with Gasteiger partial charge in [-0.1, -0.05) is 57.2 Å². The monoisotopic (exact) mass is 371 g/mol. The number of benzene rings is 2. The number of rotatable bonds is 7. The van der Waals surface area contributed by atoms with E-state index in [2.05, 4.69) is 50.4 Å². The lowest BCUT2D eigenvalue weighted by Gasteiger charge is -2.20. The number of ether oxygens (including phenoxy) is 1. The number of hydrogen-bond acceptors (Lipinski definition) is 3. The molecule has 0 radical (unpaired) electrons. The van der Waals surface area contributed by atoms with Crippen LogP contribution in [0.15, 0.2) is 48.5 Å². The van der Waals surface area contributed by atoms with E-state index in [1.807, 2.05) is 31.2 Å². The molecule has 2 aromatic carbocycles. The first-order valence-corrected chi connectivity index (χ1v) is 10.1. The maximum absolute atomic E-state index is 12.2. The van der Waals surface area contributed by atoms with Crippen molar-refractivity contribution in [3.63, 3.8) is 0 Å². The van der Waals surface area contributed by atoms with Crippen molar-refractivity contribution in [2.45, 2.75) is 44.9 Å². The van der Waals surface area contributed by atoms with Gasteiger partial charge in [-0.25, -0.2) is 0 Å². The topological polar surface area (TPSA) is 38.3 Å². The summed E-state index contributed by atoms with van der Waals surface area (Å²) in [7, 11) is 1.66. The Hall–Kier alpha value is -1.94. The molecule has 26 heavy (non-hydrogen) atoms. The van der Waals surface area contributed by atoms with Crippen LogP contribution in [0.25, 0.3) is 0 Å². The zero-order chi connectivity index (χ0) is 19.2. The first-order valence-electron chi connectivity index (χ1n) is 8.90. The Bertz CT molecular complexity index is 702. The van der Waals surface area contributed by atoms with E-state index >= 15 is 0 Å². The number of hydrogen-bond donors (Lipinski definition) is 1. The number of thioether (sulfide) groups is 1. The molecule has 0 bridgehead atoms. The standard InChI is InChI=1S/C22H29NO2S/c1-16(18-8-10-19(11-9-18)22(2,3)4)23-21(24)15-26-14-17-6-12-20(25-5)13-7-17/h6-13,16H,14-15H2,1-5H3,(H,23,24)/t16-/m0/s1. The van der Waals surface area contributed by atoms with Crippen LogP contribution >= 0.6 is 11.8 Å². The summed E-state index contributed by atoms with van der Waals surface area (Å²) in [6, 6.07) is 16.5. The molecule has 3 nitrogen and oxygen atoms in total. The first-order chi connectivity index (χ1) is 12.3. The second kappa shape index (κ2) is 9.13. The molecule has 1 atom stereocenters. The van der Waals surface area contributed by atoms with Crippen LogP contribution in [-0.2, 0) is 16.0 Å². The number of carbonyl (C=O) groups is 1. The van der Waals surface area contributed by atoms with Gasteiger partial charge in [-0.15, -0.1) is 11.8 Å². The Morgan fingerprint density at radius 3 is 2.23 bits per heavy atom. The maximum atomic E-state index is 12.2. The van der Waals surface area contributed by atoms with Crippen molar-refractivity contribution < 1.29 is 9.53 Å². The molecular weight excluding hydrogens is 342 g/mol. The van der Waals surface area contributed by atoms with Crippen LogP contribution in [0.1, 0.15) is 50.4 Å². The average Bonchev–Trinajstić information content (AvgIpc) is 2.61. The van der Waals surface area contributed by atoms with Crippen LogP contribution in [0.2, 0.25) is 0 Å². The lowest BCUT2D eigenvalue weighted by Crippen LogP contribution is -2.28. The minimum absolute atomic E-state index is 0.0121. The average molecular weight is 372 g/mol. The molecule has 0 aromatic heterocycles. The molecule has 2 rings (SSSR count). The molecule has 0 fully saturated rings. The van der Waals surface area contributed by atoms with E-state index in [-0.39, 0.29) is 17.4 Å². The summed E-state index contributed by atoms with van der Waals surface area (Å²) in [5.41, 5.74) is 3.76. The van der Waals surface area contributed by atoms with Crippen molar-refractivity contribution >= 4 is 17.7 Å². The van der Waals surface area contributed by atoms with Crippen LogP contribution in [-0.4, -0.2) is 18.8 Å². The predicted octanol–water partition coefficient (Wildman–Crippen LogP) is 5.10. The van der Waals surface area contributed by atoms with Crippen molar-refractivity contribution in [2.24, 2.45) is 0 Å². The summed E-state index contributed by atoms with van der Waals surface area (Å²) in [5, 5.41) is 3.08. The minimum Gasteiger partial charge on any atom is -0.497 e. The van der Waals surface area contributed by atoms with Crippen LogP contribution in [0.5, 0.6) is 5.75 Å². The van der Waals surface area contributed by atoms with Gasteiger partial charge >= 0.3 is 0 Å². The van der Waals surface area contributed by atoms with Gasteiger partial charge < -0.3 is 10.1 Å². The SMILES string of the molecule is COc1ccc(CSCC(=O)N[C@@H](C)c2ccc(C(C)(C)C)cc2)cc1. The van der Waals surface area contributed by atoms with E-state index in [0.717, 1.165) is 17.1 Å². The summed E-state index contributed by atoms with van der Waals surface area (Å²) in [4.78, 5) is 12.2. The highest BCUT2D eigenvalue weighted by atomic mass is 32.2. The molecule has 0 saturated heterocycles. The van der Waals surface area contributed by atoms with Crippen molar-refractivity contribution in [1.82, 2.24) is 5.32 Å². The van der Waals surface area contributed by atoms with Gasteiger partial charge in [0, 0.05) is 5.75 Å². The van der Waals surface area contributed by atoms with E-state index < -0.39 is 0 Å². The zero-order valence-electron chi connectivity index (χ0n) is 16.3. The fourth-order valence-corrected chi connectivity index (χ4v) is 3.42. The summed E-state index contributed by atoms with van der Waals surface area (Å²) >= 11 is 1.62. The molecule has 0 aliphatic heterocycles. The fraction of sp³-hybridized carbons (Fsp3) is 0.409. The molecule has 0 unspecified atom stereocenters. The molecule has 4 heteroatoms. The Kier molecular flexibility index (Phi) is 7.15. The van der Waals surface area contributed by atoms with Crippen molar-refractivity contribution in [3.8, 4) is 5.75 Å². The third kappa shape index (κ3) is 6.10. The molecule has 1 amide bonds. The van der Waals surface area contributed by atoms with Crippen LogP contribution < -0.4 is 10.1 Å². The van der Waals surface area contributed by atoms with Crippen molar-refractivity contribution in [1.29, 1.82) is 0 Å². The van der Waals surface area contributed by atoms with Crippen LogP contribution in [0.4, 0.5) is 0 Å². The molecule has 0 aliphatic rings.